The molecular formula is C16H22N4OS. The number of carbonyl (C=O) groups is 1. The van der Waals surface area contributed by atoms with Gasteiger partial charge in [-0.05, 0) is 38.0 Å². The predicted molar refractivity (Wildman–Crippen MR) is 89.7 cm³/mol. The molecule has 22 heavy (non-hydrogen) atoms. The number of hydrogen-bond donors (Lipinski definition) is 1. The van der Waals surface area contributed by atoms with Crippen molar-refractivity contribution in [3.63, 3.8) is 0 Å². The van der Waals surface area contributed by atoms with Crippen molar-refractivity contribution in [1.82, 2.24) is 20.1 Å². The highest BCUT2D eigenvalue weighted by Gasteiger charge is 2.03. The Hall–Kier alpha value is -1.82. The number of thioether (sulfide) groups is 1. The number of carbonyl (C=O) groups excluding carboxylic acids is 1. The Kier molecular flexibility index (Phi) is 6.45. The number of rotatable bonds is 8. The number of hydrogen-bond acceptors (Lipinski definition) is 4. The van der Waals surface area contributed by atoms with Crippen LogP contribution in [-0.4, -0.2) is 33.0 Å². The summed E-state index contributed by atoms with van der Waals surface area (Å²) in [6, 6.07) is 5.99. The summed E-state index contributed by atoms with van der Waals surface area (Å²) in [6.07, 6.45) is 4.48. The number of aryl methyl sites for hydroxylation is 3. The fourth-order valence-corrected chi connectivity index (χ4v) is 2.95. The van der Waals surface area contributed by atoms with E-state index >= 15 is 0 Å². The van der Waals surface area contributed by atoms with Crippen LogP contribution in [0, 0.1) is 13.8 Å². The highest BCUT2D eigenvalue weighted by atomic mass is 32.2. The molecule has 2 aromatic heterocycles. The summed E-state index contributed by atoms with van der Waals surface area (Å²) in [5.74, 6) is 1.38. The molecule has 5 nitrogen and oxygen atoms in total. The summed E-state index contributed by atoms with van der Waals surface area (Å²) in [5, 5.41) is 7.35. The molecule has 2 heterocycles. The van der Waals surface area contributed by atoms with Gasteiger partial charge in [-0.1, -0.05) is 6.07 Å². The standard InChI is InChI=1S/C16H22N4OS/c1-13-9-14(2)20(19-13)8-4-7-18-16(21)12-22-11-15-5-3-6-17-10-15/h3,5-6,9-10H,4,7-8,11-12H2,1-2H3,(H,18,21). The van der Waals surface area contributed by atoms with E-state index in [4.69, 9.17) is 0 Å². The first kappa shape index (κ1) is 16.5. The molecule has 118 valence electrons. The van der Waals surface area contributed by atoms with Gasteiger partial charge in [0.05, 0.1) is 11.4 Å². The molecule has 0 aliphatic rings. The first-order valence-corrected chi connectivity index (χ1v) is 8.55. The molecule has 1 amide bonds. The van der Waals surface area contributed by atoms with E-state index in [9.17, 15) is 4.79 Å². The Labute approximate surface area is 135 Å². The molecule has 0 saturated carbocycles. The number of nitrogens with one attached hydrogen (secondary N) is 1. The van der Waals surface area contributed by atoms with Gasteiger partial charge < -0.3 is 5.32 Å². The van der Waals surface area contributed by atoms with Crippen LogP contribution in [0.3, 0.4) is 0 Å². The monoisotopic (exact) mass is 318 g/mol. The Balaban J connectivity index is 1.57. The van der Waals surface area contributed by atoms with Crippen molar-refractivity contribution >= 4 is 17.7 Å². The zero-order chi connectivity index (χ0) is 15.8. The van der Waals surface area contributed by atoms with Crippen molar-refractivity contribution in [3.05, 3.63) is 47.5 Å². The topological polar surface area (TPSA) is 59.8 Å². The van der Waals surface area contributed by atoms with Crippen LogP contribution in [0.4, 0.5) is 0 Å². The maximum absolute atomic E-state index is 11.7. The average Bonchev–Trinajstić information content (AvgIpc) is 2.83. The Bertz CT molecular complexity index is 597. The minimum Gasteiger partial charge on any atom is -0.355 e. The van der Waals surface area contributed by atoms with Gasteiger partial charge in [-0.15, -0.1) is 11.8 Å². The third kappa shape index (κ3) is 5.52. The second kappa shape index (κ2) is 8.58. The number of aromatic nitrogens is 3. The van der Waals surface area contributed by atoms with Gasteiger partial charge in [0.25, 0.3) is 0 Å². The first-order valence-electron chi connectivity index (χ1n) is 7.39. The molecule has 0 atom stereocenters. The Morgan fingerprint density at radius 3 is 2.95 bits per heavy atom. The highest BCUT2D eigenvalue weighted by Crippen LogP contribution is 2.10. The third-order valence-corrected chi connectivity index (χ3v) is 4.20. The lowest BCUT2D eigenvalue weighted by atomic mass is 10.3. The second-order valence-corrected chi connectivity index (χ2v) is 6.19. The maximum atomic E-state index is 11.7. The summed E-state index contributed by atoms with van der Waals surface area (Å²) in [4.78, 5) is 15.8. The van der Waals surface area contributed by atoms with Crippen LogP contribution in [0.15, 0.2) is 30.6 Å². The molecule has 6 heteroatoms. The smallest absolute Gasteiger partial charge is 0.230 e. The van der Waals surface area contributed by atoms with Crippen LogP contribution in [0.25, 0.3) is 0 Å². The summed E-state index contributed by atoms with van der Waals surface area (Å²) >= 11 is 1.61. The van der Waals surface area contributed by atoms with E-state index in [2.05, 4.69) is 21.5 Å². The Morgan fingerprint density at radius 1 is 1.41 bits per heavy atom. The van der Waals surface area contributed by atoms with E-state index in [1.165, 1.54) is 0 Å². The molecule has 0 saturated heterocycles. The molecule has 0 bridgehead atoms. The SMILES string of the molecule is Cc1cc(C)n(CCCNC(=O)CSCc2cccnc2)n1. The van der Waals surface area contributed by atoms with E-state index < -0.39 is 0 Å². The summed E-state index contributed by atoms with van der Waals surface area (Å²) in [5.41, 5.74) is 3.34. The molecule has 1 N–H and O–H groups in total. The van der Waals surface area contributed by atoms with Gasteiger partial charge in [0.2, 0.25) is 5.91 Å². The minimum atomic E-state index is 0.0854. The lowest BCUT2D eigenvalue weighted by molar-refractivity contribution is -0.118. The lowest BCUT2D eigenvalue weighted by Gasteiger charge is -2.07. The predicted octanol–water partition coefficient (Wildman–Crippen LogP) is 2.33. The molecule has 2 aromatic rings. The third-order valence-electron chi connectivity index (χ3n) is 3.20. The van der Waals surface area contributed by atoms with Crippen LogP contribution in [0.5, 0.6) is 0 Å². The molecule has 0 unspecified atom stereocenters. The lowest BCUT2D eigenvalue weighted by Crippen LogP contribution is -2.27. The minimum absolute atomic E-state index is 0.0854. The van der Waals surface area contributed by atoms with Crippen molar-refractivity contribution in [2.75, 3.05) is 12.3 Å². The molecular weight excluding hydrogens is 296 g/mol. The molecule has 0 radical (unpaired) electrons. The van der Waals surface area contributed by atoms with E-state index in [0.29, 0.717) is 12.3 Å². The van der Waals surface area contributed by atoms with Crippen LogP contribution >= 0.6 is 11.8 Å². The summed E-state index contributed by atoms with van der Waals surface area (Å²) < 4.78 is 1.98. The number of pyridine rings is 1. The van der Waals surface area contributed by atoms with Crippen LogP contribution in [0.2, 0.25) is 0 Å². The zero-order valence-electron chi connectivity index (χ0n) is 13.1. The van der Waals surface area contributed by atoms with E-state index in [1.54, 1.807) is 18.0 Å². The normalized spacial score (nSPS) is 10.6. The maximum Gasteiger partial charge on any atom is 0.230 e. The molecule has 0 fully saturated rings. The van der Waals surface area contributed by atoms with Crippen molar-refractivity contribution < 1.29 is 4.79 Å². The molecule has 0 aliphatic heterocycles. The largest absolute Gasteiger partial charge is 0.355 e. The van der Waals surface area contributed by atoms with Gasteiger partial charge in [0.1, 0.15) is 0 Å². The van der Waals surface area contributed by atoms with Gasteiger partial charge in [-0.25, -0.2) is 0 Å². The summed E-state index contributed by atoms with van der Waals surface area (Å²) in [7, 11) is 0. The van der Waals surface area contributed by atoms with Crippen LogP contribution < -0.4 is 5.32 Å². The number of amides is 1. The molecule has 0 aromatic carbocycles. The van der Waals surface area contributed by atoms with Gasteiger partial charge in [-0.2, -0.15) is 5.10 Å². The van der Waals surface area contributed by atoms with Crippen LogP contribution in [0.1, 0.15) is 23.4 Å². The van der Waals surface area contributed by atoms with Crippen LogP contribution in [-0.2, 0) is 17.1 Å². The zero-order valence-corrected chi connectivity index (χ0v) is 13.9. The van der Waals surface area contributed by atoms with Crippen molar-refractivity contribution in [2.24, 2.45) is 0 Å². The summed E-state index contributed by atoms with van der Waals surface area (Å²) in [6.45, 7) is 5.56. The van der Waals surface area contributed by atoms with Crippen molar-refractivity contribution in [3.8, 4) is 0 Å². The highest BCUT2D eigenvalue weighted by molar-refractivity contribution is 7.99. The quantitative estimate of drug-likeness (QED) is 0.759. The second-order valence-electron chi connectivity index (χ2n) is 5.21. The van der Waals surface area contributed by atoms with E-state index in [1.807, 2.05) is 36.9 Å². The van der Waals surface area contributed by atoms with Gasteiger partial charge in [0, 0.05) is 36.9 Å². The van der Waals surface area contributed by atoms with Gasteiger partial charge >= 0.3 is 0 Å². The van der Waals surface area contributed by atoms with Crippen molar-refractivity contribution in [2.45, 2.75) is 32.6 Å². The van der Waals surface area contributed by atoms with Crippen molar-refractivity contribution in [1.29, 1.82) is 0 Å². The fourth-order valence-electron chi connectivity index (χ4n) is 2.15. The Morgan fingerprint density at radius 2 is 2.27 bits per heavy atom. The average molecular weight is 318 g/mol. The molecule has 0 spiro atoms. The molecule has 0 aliphatic carbocycles. The van der Waals surface area contributed by atoms with Gasteiger partial charge in [0.15, 0.2) is 0 Å². The first-order chi connectivity index (χ1) is 10.6. The fraction of sp³-hybridized carbons (Fsp3) is 0.438. The van der Waals surface area contributed by atoms with E-state index in [0.717, 1.165) is 35.7 Å². The molecule has 2 rings (SSSR count). The van der Waals surface area contributed by atoms with Gasteiger partial charge in [-0.3, -0.25) is 14.5 Å². The van der Waals surface area contributed by atoms with E-state index in [-0.39, 0.29) is 5.91 Å². The number of nitrogens with zero attached hydrogens (tertiary/aromatic N) is 3.